The first kappa shape index (κ1) is 39.5. The lowest BCUT2D eigenvalue weighted by Crippen LogP contribution is -2.33. The summed E-state index contributed by atoms with van der Waals surface area (Å²) in [7, 11) is 0. The van der Waals surface area contributed by atoms with Gasteiger partial charge in [0, 0.05) is 29.2 Å². The van der Waals surface area contributed by atoms with Crippen LogP contribution in [0.1, 0.15) is 43.4 Å². The van der Waals surface area contributed by atoms with E-state index in [9.17, 15) is 28.3 Å². The number of hydrogen-bond acceptors (Lipinski definition) is 5. The molecule has 290 valence electrons. The van der Waals surface area contributed by atoms with E-state index in [1.54, 1.807) is 60.7 Å². The smallest absolute Gasteiger partial charge is 0.335 e. The number of furan rings is 2. The molecule has 4 N–H and O–H groups in total. The van der Waals surface area contributed by atoms with E-state index in [4.69, 9.17) is 37.8 Å². The lowest BCUT2D eigenvalue weighted by Gasteiger charge is -2.07. The van der Waals surface area contributed by atoms with E-state index in [0.29, 0.717) is 35.3 Å². The van der Waals surface area contributed by atoms with Gasteiger partial charge < -0.3 is 25.0 Å². The molecule has 12 heteroatoms. The van der Waals surface area contributed by atoms with Gasteiger partial charge in [-0.05, 0) is 106 Å². The Morgan fingerprint density at radius 1 is 0.603 bits per heavy atom. The van der Waals surface area contributed by atoms with Crippen LogP contribution in [0.25, 0.3) is 44.2 Å². The van der Waals surface area contributed by atoms with Gasteiger partial charge in [-0.25, -0.2) is 13.6 Å². The highest BCUT2D eigenvalue weighted by atomic mass is 35.5. The van der Waals surface area contributed by atoms with Gasteiger partial charge >= 0.3 is 5.97 Å². The maximum absolute atomic E-state index is 13.4. The topological polar surface area (TPSA) is 136 Å². The van der Waals surface area contributed by atoms with E-state index in [0.717, 1.165) is 49.9 Å². The molecule has 0 fully saturated rings. The number of nitrogens with two attached hydrogens (primary N) is 1. The number of amides is 2. The zero-order valence-corrected chi connectivity index (χ0v) is 31.9. The van der Waals surface area contributed by atoms with Crippen molar-refractivity contribution in [1.82, 2.24) is 5.32 Å². The number of hydrogen-bond donors (Lipinski definition) is 3. The number of primary amides is 1. The van der Waals surface area contributed by atoms with Crippen LogP contribution in [-0.2, 0) is 17.6 Å². The van der Waals surface area contributed by atoms with Crippen LogP contribution in [0, 0.1) is 11.6 Å². The van der Waals surface area contributed by atoms with E-state index in [2.05, 4.69) is 5.32 Å². The SMILES string of the molecule is NC(=O)CNC(=O)c1cccc(-c2cccc3oc(Cc4ccc(F)c(Cl)c4)cc23)c1.O=C(O)c1cccc(-c2cccc3oc(Cc4ccc(F)c(Cl)c4)cc23)c1. The van der Waals surface area contributed by atoms with Gasteiger partial charge in [0.05, 0.1) is 22.2 Å². The predicted octanol–water partition coefficient (Wildman–Crippen LogP) is 10.9. The molecule has 2 aromatic heterocycles. The Balaban J connectivity index is 0.000000178. The van der Waals surface area contributed by atoms with Crippen LogP contribution in [0.4, 0.5) is 8.78 Å². The molecule has 2 amide bonds. The number of carboxylic acids is 1. The first-order valence-electron chi connectivity index (χ1n) is 17.8. The second-order valence-electron chi connectivity index (χ2n) is 13.3. The van der Waals surface area contributed by atoms with Crippen LogP contribution < -0.4 is 11.1 Å². The van der Waals surface area contributed by atoms with E-state index in [1.807, 2.05) is 60.7 Å². The van der Waals surface area contributed by atoms with Crippen molar-refractivity contribution in [3.63, 3.8) is 0 Å². The average Bonchev–Trinajstić information content (AvgIpc) is 3.83. The highest BCUT2D eigenvalue weighted by Crippen LogP contribution is 2.34. The zero-order chi connectivity index (χ0) is 40.9. The number of carbonyl (C=O) groups is 3. The Bertz CT molecular complexity index is 2850. The van der Waals surface area contributed by atoms with E-state index < -0.39 is 23.5 Å². The summed E-state index contributed by atoms with van der Waals surface area (Å²) in [6, 6.07) is 38.3. The summed E-state index contributed by atoms with van der Waals surface area (Å²) in [5.74, 6) is -1.45. The third-order valence-electron chi connectivity index (χ3n) is 9.23. The van der Waals surface area contributed by atoms with Gasteiger partial charge in [-0.2, -0.15) is 0 Å². The number of carboxylic acid groups (broad SMARTS) is 1. The summed E-state index contributed by atoms with van der Waals surface area (Å²) in [6.45, 7) is -0.225. The first-order chi connectivity index (χ1) is 27.9. The van der Waals surface area contributed by atoms with Crippen molar-refractivity contribution >= 4 is 62.9 Å². The number of fused-ring (bicyclic) bond motifs is 2. The average molecular weight is 818 g/mol. The Hall–Kier alpha value is -6.75. The van der Waals surface area contributed by atoms with Crippen LogP contribution >= 0.6 is 23.2 Å². The van der Waals surface area contributed by atoms with E-state index in [1.165, 1.54) is 12.1 Å². The number of rotatable bonds is 10. The van der Waals surface area contributed by atoms with E-state index >= 15 is 0 Å². The van der Waals surface area contributed by atoms with Crippen LogP contribution in [0.3, 0.4) is 0 Å². The summed E-state index contributed by atoms with van der Waals surface area (Å²) in [4.78, 5) is 34.4. The second kappa shape index (κ2) is 17.2. The van der Waals surface area contributed by atoms with Gasteiger partial charge in [0.1, 0.15) is 34.3 Å². The number of benzene rings is 6. The molecule has 0 atom stereocenters. The Labute approximate surface area is 340 Å². The summed E-state index contributed by atoms with van der Waals surface area (Å²) in [6.07, 6.45) is 0.937. The molecule has 8 nitrogen and oxygen atoms in total. The van der Waals surface area contributed by atoms with Crippen molar-refractivity contribution in [3.8, 4) is 22.3 Å². The van der Waals surface area contributed by atoms with Crippen molar-refractivity contribution in [2.45, 2.75) is 12.8 Å². The summed E-state index contributed by atoms with van der Waals surface area (Å²) in [5.41, 5.74) is 12.2. The van der Waals surface area contributed by atoms with Gasteiger partial charge in [0.15, 0.2) is 0 Å². The molecular formula is C46H32Cl2F2N2O6. The normalized spacial score (nSPS) is 11.0. The van der Waals surface area contributed by atoms with Crippen LogP contribution in [0.2, 0.25) is 10.0 Å². The molecule has 0 aliphatic carbocycles. The lowest BCUT2D eigenvalue weighted by atomic mass is 9.99. The Kier molecular flexibility index (Phi) is 11.7. The Morgan fingerprint density at radius 2 is 1.07 bits per heavy atom. The minimum atomic E-state index is -0.968. The van der Waals surface area contributed by atoms with Gasteiger partial charge in [0.2, 0.25) is 5.91 Å². The molecule has 0 saturated carbocycles. The second-order valence-corrected chi connectivity index (χ2v) is 14.1. The molecule has 0 spiro atoms. The molecule has 0 aliphatic rings. The van der Waals surface area contributed by atoms with Crippen LogP contribution in [0.15, 0.2) is 142 Å². The van der Waals surface area contributed by atoms with Crippen molar-refractivity contribution in [2.75, 3.05) is 6.54 Å². The third-order valence-corrected chi connectivity index (χ3v) is 9.81. The third kappa shape index (κ3) is 9.10. The number of carbonyl (C=O) groups excluding carboxylic acids is 2. The van der Waals surface area contributed by atoms with Crippen molar-refractivity contribution in [2.24, 2.45) is 5.73 Å². The maximum atomic E-state index is 13.4. The fourth-order valence-electron chi connectivity index (χ4n) is 6.52. The molecule has 0 aliphatic heterocycles. The van der Waals surface area contributed by atoms with Crippen molar-refractivity contribution < 1.29 is 37.1 Å². The standard InChI is InChI=1S/C24H18ClFN2O3.C22H14ClFO3/c25-20-10-14(7-8-21(20)26)9-17-12-19-18(5-2-6-22(19)31-17)15-3-1-4-16(11-15)24(30)28-13-23(27)29;23-19-10-13(7-8-20(19)24)9-16-12-18-17(5-2-6-21(18)27-16)14-3-1-4-15(11-14)22(25)26/h1-8,10-12H,9,13H2,(H2,27,29)(H,28,30);1-8,10-12H,9H2,(H,25,26). The highest BCUT2D eigenvalue weighted by Gasteiger charge is 2.15. The summed E-state index contributed by atoms with van der Waals surface area (Å²) >= 11 is 11.7. The molecule has 0 radical (unpaired) electrons. The first-order valence-corrected chi connectivity index (χ1v) is 18.6. The van der Waals surface area contributed by atoms with Crippen LogP contribution in [-0.4, -0.2) is 29.4 Å². The van der Waals surface area contributed by atoms with Gasteiger partial charge in [-0.15, -0.1) is 0 Å². The molecule has 8 aromatic rings. The fourth-order valence-corrected chi connectivity index (χ4v) is 6.93. The largest absolute Gasteiger partial charge is 0.478 e. The number of nitrogens with one attached hydrogen (secondary N) is 1. The highest BCUT2D eigenvalue weighted by molar-refractivity contribution is 6.31. The quantitative estimate of drug-likeness (QED) is 0.126. The van der Waals surface area contributed by atoms with Gasteiger partial charge in [0.25, 0.3) is 5.91 Å². The monoisotopic (exact) mass is 816 g/mol. The minimum Gasteiger partial charge on any atom is -0.478 e. The molecule has 2 heterocycles. The molecular weight excluding hydrogens is 785 g/mol. The van der Waals surface area contributed by atoms with Gasteiger partial charge in [-0.1, -0.05) is 83.9 Å². The Morgan fingerprint density at radius 3 is 1.53 bits per heavy atom. The molecule has 0 saturated heterocycles. The summed E-state index contributed by atoms with van der Waals surface area (Å²) < 4.78 is 38.7. The molecule has 58 heavy (non-hydrogen) atoms. The molecule has 0 bridgehead atoms. The fraction of sp³-hybridized carbons (Fsp3) is 0.0652. The van der Waals surface area contributed by atoms with Gasteiger partial charge in [-0.3, -0.25) is 9.59 Å². The number of aromatic carboxylic acids is 1. The number of halogens is 4. The summed E-state index contributed by atoms with van der Waals surface area (Å²) in [5, 5.41) is 13.6. The predicted molar refractivity (Wildman–Crippen MR) is 220 cm³/mol. The minimum absolute atomic E-state index is 0.0701. The van der Waals surface area contributed by atoms with E-state index in [-0.39, 0.29) is 28.1 Å². The molecule has 0 unspecified atom stereocenters. The molecule has 6 aromatic carbocycles. The molecule has 8 rings (SSSR count). The van der Waals surface area contributed by atoms with Crippen LogP contribution in [0.5, 0.6) is 0 Å². The maximum Gasteiger partial charge on any atom is 0.335 e. The zero-order valence-electron chi connectivity index (χ0n) is 30.4. The van der Waals surface area contributed by atoms with Crippen molar-refractivity contribution in [3.05, 3.63) is 189 Å². The lowest BCUT2D eigenvalue weighted by molar-refractivity contribution is -0.117. The van der Waals surface area contributed by atoms with Crippen molar-refractivity contribution in [1.29, 1.82) is 0 Å².